The zero-order valence-corrected chi connectivity index (χ0v) is 9.92. The third kappa shape index (κ3) is 3.45. The molecule has 1 rings (SSSR count). The number of nitrogens with zero attached hydrogens (tertiary/aromatic N) is 3. The van der Waals surface area contributed by atoms with Crippen LogP contribution in [-0.4, -0.2) is 29.1 Å². The van der Waals surface area contributed by atoms with E-state index in [9.17, 15) is 4.79 Å². The van der Waals surface area contributed by atoms with Gasteiger partial charge in [-0.3, -0.25) is 4.79 Å². The van der Waals surface area contributed by atoms with Gasteiger partial charge >= 0.3 is 5.97 Å². The smallest absolute Gasteiger partial charge is 0.308 e. The van der Waals surface area contributed by atoms with Gasteiger partial charge in [0, 0.05) is 19.3 Å². The molecule has 1 unspecified atom stereocenters. The molecule has 0 aliphatic rings. The lowest BCUT2D eigenvalue weighted by Crippen LogP contribution is -2.32. The van der Waals surface area contributed by atoms with Crippen LogP contribution < -0.4 is 4.90 Å². The van der Waals surface area contributed by atoms with Crippen LogP contribution in [0.4, 0.5) is 5.82 Å². The summed E-state index contributed by atoms with van der Waals surface area (Å²) in [6.45, 7) is 4.61. The van der Waals surface area contributed by atoms with Crippen LogP contribution in [0.1, 0.15) is 19.4 Å². The van der Waals surface area contributed by atoms with E-state index in [1.807, 2.05) is 17.9 Å². The molecule has 90 valence electrons. The van der Waals surface area contributed by atoms with E-state index in [0.29, 0.717) is 24.5 Å². The molecule has 17 heavy (non-hydrogen) atoms. The van der Waals surface area contributed by atoms with Crippen molar-refractivity contribution in [1.82, 2.24) is 4.98 Å². The van der Waals surface area contributed by atoms with Crippen LogP contribution in [0.15, 0.2) is 18.3 Å². The Balaban J connectivity index is 2.86. The molecule has 0 aliphatic carbocycles. The summed E-state index contributed by atoms with van der Waals surface area (Å²) in [6, 6.07) is 5.33. The van der Waals surface area contributed by atoms with Gasteiger partial charge in [-0.25, -0.2) is 4.98 Å². The first kappa shape index (κ1) is 13.0. The first-order chi connectivity index (χ1) is 8.08. The maximum atomic E-state index is 10.8. The molecular formula is C12H15N3O2. The third-order valence-electron chi connectivity index (χ3n) is 2.50. The predicted octanol–water partition coefficient (Wildman–Crippen LogP) is 1.50. The number of anilines is 1. The van der Waals surface area contributed by atoms with Crippen LogP contribution in [0.3, 0.4) is 0 Å². The SMILES string of the molecule is CCN(CC(C)C(=O)O)c1cc(C#N)ccn1. The van der Waals surface area contributed by atoms with E-state index in [4.69, 9.17) is 10.4 Å². The van der Waals surface area contributed by atoms with Crippen LogP contribution in [-0.2, 0) is 4.79 Å². The van der Waals surface area contributed by atoms with Gasteiger partial charge in [-0.1, -0.05) is 6.92 Å². The first-order valence-corrected chi connectivity index (χ1v) is 5.42. The molecule has 0 saturated heterocycles. The minimum Gasteiger partial charge on any atom is -0.481 e. The maximum absolute atomic E-state index is 10.8. The highest BCUT2D eigenvalue weighted by atomic mass is 16.4. The molecule has 0 fully saturated rings. The zero-order valence-electron chi connectivity index (χ0n) is 9.92. The molecule has 0 bridgehead atoms. The highest BCUT2D eigenvalue weighted by molar-refractivity contribution is 5.70. The van der Waals surface area contributed by atoms with Crippen molar-refractivity contribution >= 4 is 11.8 Å². The quantitative estimate of drug-likeness (QED) is 0.833. The second kappa shape index (κ2) is 5.85. The molecule has 0 spiro atoms. The minimum atomic E-state index is -0.833. The van der Waals surface area contributed by atoms with Crippen molar-refractivity contribution in [3.05, 3.63) is 23.9 Å². The van der Waals surface area contributed by atoms with Crippen molar-refractivity contribution in [3.63, 3.8) is 0 Å². The van der Waals surface area contributed by atoms with Crippen molar-refractivity contribution in [2.75, 3.05) is 18.0 Å². The summed E-state index contributed by atoms with van der Waals surface area (Å²) in [5.74, 6) is -0.665. The van der Waals surface area contributed by atoms with Crippen LogP contribution in [0, 0.1) is 17.2 Å². The standard InChI is InChI=1S/C12H15N3O2/c1-3-15(8-9(2)12(16)17)11-6-10(7-13)4-5-14-11/h4-6,9H,3,8H2,1-2H3,(H,16,17). The van der Waals surface area contributed by atoms with E-state index >= 15 is 0 Å². The zero-order chi connectivity index (χ0) is 12.8. The Labute approximate surface area is 100 Å². The van der Waals surface area contributed by atoms with E-state index < -0.39 is 11.9 Å². The lowest BCUT2D eigenvalue weighted by Gasteiger charge is -2.23. The molecule has 1 atom stereocenters. The molecule has 0 aromatic carbocycles. The van der Waals surface area contributed by atoms with Gasteiger partial charge in [-0.15, -0.1) is 0 Å². The number of hydrogen-bond donors (Lipinski definition) is 1. The summed E-state index contributed by atoms with van der Waals surface area (Å²) in [5.41, 5.74) is 0.524. The number of rotatable bonds is 5. The van der Waals surface area contributed by atoms with Crippen molar-refractivity contribution < 1.29 is 9.90 Å². The topological polar surface area (TPSA) is 77.2 Å². The highest BCUT2D eigenvalue weighted by Crippen LogP contribution is 2.14. The van der Waals surface area contributed by atoms with E-state index in [2.05, 4.69) is 4.98 Å². The Hall–Kier alpha value is -2.09. The monoisotopic (exact) mass is 233 g/mol. The number of aromatic nitrogens is 1. The number of carboxylic acids is 1. The van der Waals surface area contributed by atoms with Crippen LogP contribution in [0.5, 0.6) is 0 Å². The van der Waals surface area contributed by atoms with E-state index in [-0.39, 0.29) is 0 Å². The number of hydrogen-bond acceptors (Lipinski definition) is 4. The lowest BCUT2D eigenvalue weighted by atomic mass is 10.1. The van der Waals surface area contributed by atoms with Crippen molar-refractivity contribution in [2.24, 2.45) is 5.92 Å². The van der Waals surface area contributed by atoms with Crippen molar-refractivity contribution in [3.8, 4) is 6.07 Å². The molecule has 0 aliphatic heterocycles. The molecule has 1 aromatic heterocycles. The summed E-state index contributed by atoms with van der Waals surface area (Å²) in [7, 11) is 0. The largest absolute Gasteiger partial charge is 0.481 e. The lowest BCUT2D eigenvalue weighted by molar-refractivity contribution is -0.140. The summed E-state index contributed by atoms with van der Waals surface area (Å²) in [4.78, 5) is 16.8. The first-order valence-electron chi connectivity index (χ1n) is 5.42. The molecule has 0 amide bonds. The Bertz CT molecular complexity index is 440. The van der Waals surface area contributed by atoms with Gasteiger partial charge in [0.1, 0.15) is 5.82 Å². The molecule has 1 heterocycles. The van der Waals surface area contributed by atoms with E-state index in [1.54, 1.807) is 25.3 Å². The second-order valence-electron chi connectivity index (χ2n) is 3.79. The molecule has 5 heteroatoms. The number of carbonyl (C=O) groups is 1. The Morgan fingerprint density at radius 1 is 1.71 bits per heavy atom. The van der Waals surface area contributed by atoms with Crippen LogP contribution >= 0.6 is 0 Å². The van der Waals surface area contributed by atoms with Crippen LogP contribution in [0.25, 0.3) is 0 Å². The fourth-order valence-electron chi connectivity index (χ4n) is 1.45. The Morgan fingerprint density at radius 3 is 2.94 bits per heavy atom. The minimum absolute atomic E-state index is 0.383. The predicted molar refractivity (Wildman–Crippen MR) is 63.6 cm³/mol. The fraction of sp³-hybridized carbons (Fsp3) is 0.417. The summed E-state index contributed by atoms with van der Waals surface area (Å²) >= 11 is 0. The van der Waals surface area contributed by atoms with E-state index in [0.717, 1.165) is 0 Å². The van der Waals surface area contributed by atoms with Gasteiger partial charge in [-0.05, 0) is 19.1 Å². The van der Waals surface area contributed by atoms with Crippen LogP contribution in [0.2, 0.25) is 0 Å². The van der Waals surface area contributed by atoms with Gasteiger partial charge < -0.3 is 10.0 Å². The molecular weight excluding hydrogens is 218 g/mol. The van der Waals surface area contributed by atoms with Crippen molar-refractivity contribution in [2.45, 2.75) is 13.8 Å². The number of pyridine rings is 1. The molecule has 5 nitrogen and oxygen atoms in total. The molecule has 0 radical (unpaired) electrons. The molecule has 1 N–H and O–H groups in total. The summed E-state index contributed by atoms with van der Waals surface area (Å²) < 4.78 is 0. The second-order valence-corrected chi connectivity index (χ2v) is 3.79. The maximum Gasteiger partial charge on any atom is 0.308 e. The Morgan fingerprint density at radius 2 is 2.41 bits per heavy atom. The molecule has 1 aromatic rings. The summed E-state index contributed by atoms with van der Waals surface area (Å²) in [5, 5.41) is 17.7. The highest BCUT2D eigenvalue weighted by Gasteiger charge is 2.16. The van der Waals surface area contributed by atoms with Gasteiger partial charge in [-0.2, -0.15) is 5.26 Å². The third-order valence-corrected chi connectivity index (χ3v) is 2.50. The van der Waals surface area contributed by atoms with Crippen molar-refractivity contribution in [1.29, 1.82) is 5.26 Å². The fourth-order valence-corrected chi connectivity index (χ4v) is 1.45. The van der Waals surface area contributed by atoms with Gasteiger partial charge in [0.25, 0.3) is 0 Å². The summed E-state index contributed by atoms with van der Waals surface area (Å²) in [6.07, 6.45) is 1.56. The Kier molecular flexibility index (Phi) is 4.46. The van der Waals surface area contributed by atoms with Gasteiger partial charge in [0.15, 0.2) is 0 Å². The average molecular weight is 233 g/mol. The van der Waals surface area contributed by atoms with Gasteiger partial charge in [0.05, 0.1) is 17.6 Å². The average Bonchev–Trinajstić information content (AvgIpc) is 2.35. The number of aliphatic carboxylic acids is 1. The number of carboxylic acid groups (broad SMARTS) is 1. The normalized spacial score (nSPS) is 11.6. The number of nitriles is 1. The van der Waals surface area contributed by atoms with Gasteiger partial charge in [0.2, 0.25) is 0 Å². The molecule has 0 saturated carbocycles. The van der Waals surface area contributed by atoms with E-state index in [1.165, 1.54) is 0 Å².